The van der Waals surface area contributed by atoms with Gasteiger partial charge in [0.25, 0.3) is 11.6 Å². The molecule has 12 nitrogen and oxygen atoms in total. The number of β-lactam (4-membered cyclic amide) rings is 1. The fraction of sp³-hybridized carbons (Fsp3) is 0.533. The Kier molecular flexibility index (Phi) is 9.25. The van der Waals surface area contributed by atoms with Gasteiger partial charge >= 0.3 is 35.5 Å². The zero-order chi connectivity index (χ0) is 21.9. The molecular weight excluding hydrogens is 477 g/mol. The summed E-state index contributed by atoms with van der Waals surface area (Å²) in [6.45, 7) is 0. The number of rotatable bonds is 9. The second-order valence-electron chi connectivity index (χ2n) is 6.03. The van der Waals surface area contributed by atoms with Crippen molar-refractivity contribution in [3.05, 3.63) is 11.3 Å². The zero-order valence-corrected chi connectivity index (χ0v) is 21.3. The van der Waals surface area contributed by atoms with Crippen molar-refractivity contribution >= 4 is 53.1 Å². The first-order valence-electron chi connectivity index (χ1n) is 8.37. The van der Waals surface area contributed by atoms with E-state index in [0.29, 0.717) is 16.5 Å². The number of nitrogens with zero attached hydrogens (tertiary/aromatic N) is 7. The maximum atomic E-state index is 12.9. The molecule has 0 radical (unpaired) electrons. The predicted octanol–water partition coefficient (Wildman–Crippen LogP) is -4.08. The molecular formula is C15H16N7NaO5S3. The Morgan fingerprint density at radius 1 is 1.58 bits per heavy atom. The Bertz CT molecular complexity index is 965. The van der Waals surface area contributed by atoms with Gasteiger partial charge < -0.3 is 14.9 Å². The number of methoxy groups -OCH3 is 1. The normalized spacial score (nSPS) is 23.0. The monoisotopic (exact) mass is 493 g/mol. The van der Waals surface area contributed by atoms with E-state index >= 15 is 0 Å². The Labute approximate surface area is 212 Å². The molecule has 16 heteroatoms. The number of carboxylic acids is 1. The van der Waals surface area contributed by atoms with E-state index in [2.05, 4.69) is 20.5 Å². The summed E-state index contributed by atoms with van der Waals surface area (Å²) in [5, 5.41) is 41.3. The summed E-state index contributed by atoms with van der Waals surface area (Å²) in [5.74, 6) is -1.91. The quantitative estimate of drug-likeness (QED) is 0.0883. The van der Waals surface area contributed by atoms with E-state index in [-0.39, 0.29) is 52.5 Å². The first-order chi connectivity index (χ1) is 14.4. The van der Waals surface area contributed by atoms with Crippen LogP contribution < -0.4 is 34.7 Å². The van der Waals surface area contributed by atoms with Crippen molar-refractivity contribution in [3.8, 4) is 6.07 Å². The van der Waals surface area contributed by atoms with Gasteiger partial charge in [-0.2, -0.15) is 5.26 Å². The maximum absolute atomic E-state index is 12.9. The largest absolute Gasteiger partial charge is 1.00 e. The molecule has 0 bridgehead atoms. The van der Waals surface area contributed by atoms with Crippen molar-refractivity contribution in [2.45, 2.75) is 16.3 Å². The number of aliphatic carboxylic acids is 1. The molecule has 1 fully saturated rings. The van der Waals surface area contributed by atoms with Crippen LogP contribution in [0.1, 0.15) is 0 Å². The number of nitriles is 1. The first-order valence-corrected chi connectivity index (χ1v) is 11.6. The molecule has 0 aliphatic carbocycles. The van der Waals surface area contributed by atoms with Gasteiger partial charge in [0, 0.05) is 31.4 Å². The summed E-state index contributed by atoms with van der Waals surface area (Å²) in [6.07, 6.45) is 0. The third-order valence-electron chi connectivity index (χ3n) is 4.24. The van der Waals surface area contributed by atoms with E-state index in [9.17, 15) is 19.8 Å². The number of fused-ring (bicyclic) bond motifs is 1. The second kappa shape index (κ2) is 11.0. The van der Waals surface area contributed by atoms with Gasteiger partial charge in [0.1, 0.15) is 11.1 Å². The van der Waals surface area contributed by atoms with Gasteiger partial charge in [-0.05, 0) is 21.9 Å². The molecule has 1 saturated heterocycles. The number of carboxylic acid groups (broad SMARTS) is 1. The van der Waals surface area contributed by atoms with Gasteiger partial charge in [0.05, 0.1) is 11.8 Å². The van der Waals surface area contributed by atoms with E-state index < -0.39 is 28.9 Å². The maximum Gasteiger partial charge on any atom is 1.00 e. The number of carbonyl (C=O) groups is 2. The Morgan fingerprint density at radius 3 is 2.90 bits per heavy atom. The third-order valence-corrected chi connectivity index (χ3v) is 7.48. The molecule has 160 valence electrons. The van der Waals surface area contributed by atoms with Crippen LogP contribution in [0.5, 0.6) is 0 Å². The van der Waals surface area contributed by atoms with E-state index in [4.69, 9.17) is 10.00 Å². The number of aryl methyl sites for hydroxylation is 1. The number of aliphatic imine (C=N–C) groups is 1. The van der Waals surface area contributed by atoms with Crippen LogP contribution in [0.4, 0.5) is 0 Å². The molecule has 3 rings (SSSR count). The number of carbonyl (C=O) groups excluding carboxylic acids is 1. The van der Waals surface area contributed by atoms with Crippen LogP contribution in [-0.4, -0.2) is 89.2 Å². The molecule has 2 aliphatic rings. The minimum absolute atomic E-state index is 0. The van der Waals surface area contributed by atoms with Crippen LogP contribution in [0.3, 0.4) is 0 Å². The summed E-state index contributed by atoms with van der Waals surface area (Å²) in [4.78, 5) is 29.9. The van der Waals surface area contributed by atoms with Gasteiger partial charge in [0.2, 0.25) is 5.16 Å². The molecule has 1 amide bonds. The number of hydrogen-bond donors (Lipinski definition) is 1. The summed E-state index contributed by atoms with van der Waals surface area (Å²) in [7, 11) is 2.92. The van der Waals surface area contributed by atoms with Crippen molar-refractivity contribution in [2.75, 3.05) is 30.1 Å². The Balaban J connectivity index is 0.00000341. The third kappa shape index (κ3) is 5.05. The molecule has 31 heavy (non-hydrogen) atoms. The Morgan fingerprint density at radius 2 is 2.32 bits per heavy atom. The number of thioether (sulfide) groups is 3. The predicted molar refractivity (Wildman–Crippen MR) is 107 cm³/mol. The van der Waals surface area contributed by atoms with Crippen molar-refractivity contribution in [1.82, 2.24) is 25.1 Å². The van der Waals surface area contributed by atoms with Gasteiger partial charge in [-0.3, -0.25) is 14.7 Å². The Hall–Kier alpha value is -1.28. The number of aromatic nitrogens is 4. The smallest absolute Gasteiger partial charge is 0.861 e. The molecule has 1 aromatic heterocycles. The van der Waals surface area contributed by atoms with Crippen LogP contribution >= 0.6 is 35.3 Å². The molecule has 3 heterocycles. The van der Waals surface area contributed by atoms with Crippen LogP contribution in [0.25, 0.3) is 0 Å². The summed E-state index contributed by atoms with van der Waals surface area (Å²) >= 11 is 3.60. The van der Waals surface area contributed by atoms with Crippen molar-refractivity contribution in [1.29, 1.82) is 5.26 Å². The summed E-state index contributed by atoms with van der Waals surface area (Å²) < 4.78 is 6.77. The van der Waals surface area contributed by atoms with E-state index in [1.54, 1.807) is 7.05 Å². The minimum atomic E-state index is -1.76. The van der Waals surface area contributed by atoms with Crippen LogP contribution in [0.2, 0.25) is 0 Å². The van der Waals surface area contributed by atoms with Gasteiger partial charge in [-0.15, -0.1) is 28.6 Å². The molecule has 0 spiro atoms. The number of ether oxygens (including phenoxy) is 1. The first kappa shape index (κ1) is 26.0. The number of amides is 1. The molecule has 0 aromatic carbocycles. The van der Waals surface area contributed by atoms with Crippen molar-refractivity contribution in [3.63, 3.8) is 0 Å². The number of tetrazole rings is 1. The van der Waals surface area contributed by atoms with E-state index in [1.807, 2.05) is 6.07 Å². The molecule has 2 aliphatic heterocycles. The van der Waals surface area contributed by atoms with Crippen LogP contribution in [-0.2, 0) is 21.4 Å². The standard InChI is InChI=1S/C15H17N7O5S3.Na/c1-21-14(18-19-20-21)30-6-8-5-29-13-15(27-2,17-9(23)7-28-4-3-16)12(26)22(13)10(8)11(24)25;/h13H,4-7H2,1-2H3,(H,17,23)(H,24,25);/q;+1/p-1/t13?,15-;/m1./s1. The molecule has 2 atom stereocenters. The fourth-order valence-corrected chi connectivity index (χ4v) is 5.76. The van der Waals surface area contributed by atoms with Crippen LogP contribution in [0.15, 0.2) is 21.4 Å². The molecule has 0 saturated carbocycles. The second-order valence-corrected chi connectivity index (χ2v) is 9.02. The SMILES string of the molecule is CO[C@]1(N=C([O-])CSCC#N)C(=O)N2C(C(=O)O)=C(CSc3nnnn3C)CSC21.[Na+]. The molecule has 1 N–H and O–H groups in total. The van der Waals surface area contributed by atoms with E-state index in [1.165, 1.54) is 35.3 Å². The van der Waals surface area contributed by atoms with Gasteiger partial charge in [-0.25, -0.2) is 9.48 Å². The van der Waals surface area contributed by atoms with Gasteiger partial charge in [0.15, 0.2) is 0 Å². The zero-order valence-electron chi connectivity index (χ0n) is 16.8. The van der Waals surface area contributed by atoms with Crippen molar-refractivity contribution in [2.24, 2.45) is 12.0 Å². The van der Waals surface area contributed by atoms with Crippen molar-refractivity contribution < 1.29 is 54.1 Å². The molecule has 1 unspecified atom stereocenters. The number of hydrogen-bond acceptors (Lipinski definition) is 12. The minimum Gasteiger partial charge on any atom is -0.861 e. The fourth-order valence-electron chi connectivity index (χ4n) is 2.92. The average molecular weight is 494 g/mol. The summed E-state index contributed by atoms with van der Waals surface area (Å²) in [6, 6.07) is 1.90. The topological polar surface area (TPSA) is 170 Å². The summed E-state index contributed by atoms with van der Waals surface area (Å²) in [5.41, 5.74) is -1.37. The van der Waals surface area contributed by atoms with Gasteiger partial charge in [-0.1, -0.05) is 11.8 Å². The average Bonchev–Trinajstić information content (AvgIpc) is 3.14. The van der Waals surface area contributed by atoms with Crippen LogP contribution in [0, 0.1) is 11.3 Å². The van der Waals surface area contributed by atoms with E-state index in [0.717, 1.165) is 16.7 Å². The molecule has 1 aromatic rings.